The highest BCUT2D eigenvalue weighted by atomic mass is 32.1. The number of benzene rings is 1. The highest BCUT2D eigenvalue weighted by Crippen LogP contribution is 2.25. The first-order valence-corrected chi connectivity index (χ1v) is 8.55. The van der Waals surface area contributed by atoms with Gasteiger partial charge in [0.25, 0.3) is 5.56 Å². The molecule has 3 aromatic heterocycles. The van der Waals surface area contributed by atoms with Gasteiger partial charge in [-0.15, -0.1) is 5.10 Å². The van der Waals surface area contributed by atoms with Crippen molar-refractivity contribution in [3.63, 3.8) is 0 Å². The summed E-state index contributed by atoms with van der Waals surface area (Å²) in [7, 11) is 0. The average Bonchev–Trinajstić information content (AvgIpc) is 3.16. The Bertz CT molecular complexity index is 1080. The van der Waals surface area contributed by atoms with Crippen LogP contribution in [-0.4, -0.2) is 24.1 Å². The van der Waals surface area contributed by atoms with Crippen molar-refractivity contribution >= 4 is 32.5 Å². The number of nitrogens with zero attached hydrogens (tertiary/aromatic N) is 5. The van der Waals surface area contributed by atoms with E-state index < -0.39 is 0 Å². The first-order chi connectivity index (χ1) is 11.7. The third-order valence-corrected chi connectivity index (χ3v) is 4.75. The number of imidazole rings is 1. The van der Waals surface area contributed by atoms with E-state index in [4.69, 9.17) is 4.98 Å². The number of para-hydroxylation sites is 2. The van der Waals surface area contributed by atoms with E-state index in [2.05, 4.69) is 33.0 Å². The number of hydrogen-bond acceptors (Lipinski definition) is 6. The number of rotatable bonds is 4. The zero-order chi connectivity index (χ0) is 16.7. The van der Waals surface area contributed by atoms with Crippen molar-refractivity contribution in [2.24, 2.45) is 0 Å². The third kappa shape index (κ3) is 2.35. The Morgan fingerprint density at radius 1 is 1.29 bits per heavy atom. The monoisotopic (exact) mass is 340 g/mol. The normalized spacial score (nSPS) is 12.8. The van der Waals surface area contributed by atoms with Gasteiger partial charge in [0.15, 0.2) is 0 Å². The summed E-state index contributed by atoms with van der Waals surface area (Å²) < 4.78 is 3.49. The Balaban J connectivity index is 1.72. The average molecular weight is 340 g/mol. The predicted octanol–water partition coefficient (Wildman–Crippen LogP) is 2.69. The van der Waals surface area contributed by atoms with E-state index in [0.29, 0.717) is 10.1 Å². The summed E-state index contributed by atoms with van der Waals surface area (Å²) in [6, 6.07) is 9.44. The van der Waals surface area contributed by atoms with E-state index >= 15 is 0 Å². The molecule has 1 atom stereocenters. The summed E-state index contributed by atoms with van der Waals surface area (Å²) in [5, 5.41) is 8.28. The Hall–Kier alpha value is -2.74. The van der Waals surface area contributed by atoms with Crippen LogP contribution in [-0.2, 0) is 6.54 Å². The van der Waals surface area contributed by atoms with E-state index in [1.54, 1.807) is 0 Å². The maximum absolute atomic E-state index is 11.8. The summed E-state index contributed by atoms with van der Waals surface area (Å²) in [5.41, 5.74) is 1.91. The summed E-state index contributed by atoms with van der Waals surface area (Å²) in [6.45, 7) is 4.98. The molecule has 24 heavy (non-hydrogen) atoms. The lowest BCUT2D eigenvalue weighted by Gasteiger charge is -2.14. The van der Waals surface area contributed by atoms with Crippen molar-refractivity contribution in [3.8, 4) is 0 Å². The molecule has 0 aliphatic heterocycles. The van der Waals surface area contributed by atoms with Gasteiger partial charge in [0.1, 0.15) is 5.82 Å². The van der Waals surface area contributed by atoms with Crippen LogP contribution in [0.4, 0.5) is 5.13 Å². The second-order valence-electron chi connectivity index (χ2n) is 5.45. The number of aryl methyl sites for hydroxylation is 1. The Labute approximate surface area is 141 Å². The molecule has 1 unspecified atom stereocenters. The Kier molecular flexibility index (Phi) is 3.53. The van der Waals surface area contributed by atoms with Gasteiger partial charge in [0, 0.05) is 18.8 Å². The van der Waals surface area contributed by atoms with Crippen molar-refractivity contribution in [1.29, 1.82) is 0 Å². The molecular formula is C16H16N6OS. The molecule has 8 heteroatoms. The maximum atomic E-state index is 11.8. The number of fused-ring (bicyclic) bond motifs is 2. The fourth-order valence-corrected chi connectivity index (χ4v) is 3.67. The lowest BCUT2D eigenvalue weighted by Crippen LogP contribution is -2.15. The van der Waals surface area contributed by atoms with Gasteiger partial charge in [0.2, 0.25) is 10.1 Å². The molecule has 4 aromatic rings. The summed E-state index contributed by atoms with van der Waals surface area (Å²) >= 11 is 1.35. The van der Waals surface area contributed by atoms with Crippen molar-refractivity contribution < 1.29 is 0 Å². The van der Waals surface area contributed by atoms with Crippen LogP contribution in [0.2, 0.25) is 0 Å². The highest BCUT2D eigenvalue weighted by Gasteiger charge is 2.17. The minimum atomic E-state index is -0.183. The van der Waals surface area contributed by atoms with Gasteiger partial charge in [-0.1, -0.05) is 23.5 Å². The molecule has 0 saturated carbocycles. The lowest BCUT2D eigenvalue weighted by molar-refractivity contribution is 0.672. The van der Waals surface area contributed by atoms with Crippen LogP contribution < -0.4 is 10.9 Å². The molecule has 4 rings (SSSR count). The second-order valence-corrected chi connectivity index (χ2v) is 6.41. The molecule has 0 aliphatic rings. The van der Waals surface area contributed by atoms with Crippen LogP contribution in [0.1, 0.15) is 25.7 Å². The van der Waals surface area contributed by atoms with Crippen molar-refractivity contribution in [1.82, 2.24) is 24.1 Å². The molecule has 0 saturated heterocycles. The highest BCUT2D eigenvalue weighted by molar-refractivity contribution is 7.20. The maximum Gasteiger partial charge on any atom is 0.275 e. The Morgan fingerprint density at radius 2 is 2.12 bits per heavy atom. The smallest absolute Gasteiger partial charge is 0.275 e. The molecule has 0 aliphatic carbocycles. The minimum absolute atomic E-state index is 0.0476. The van der Waals surface area contributed by atoms with Gasteiger partial charge in [-0.25, -0.2) is 9.97 Å². The molecule has 1 N–H and O–H groups in total. The van der Waals surface area contributed by atoms with E-state index in [9.17, 15) is 4.79 Å². The summed E-state index contributed by atoms with van der Waals surface area (Å²) in [6.07, 6.45) is 1.50. The largest absolute Gasteiger partial charge is 0.350 e. The topological polar surface area (TPSA) is 77.1 Å². The molecular weight excluding hydrogens is 324 g/mol. The van der Waals surface area contributed by atoms with Crippen LogP contribution in [0.15, 0.2) is 41.3 Å². The van der Waals surface area contributed by atoms with Gasteiger partial charge < -0.3 is 9.88 Å². The van der Waals surface area contributed by atoms with E-state index in [1.807, 2.05) is 25.1 Å². The summed E-state index contributed by atoms with van der Waals surface area (Å²) in [5.74, 6) is 0.943. The van der Waals surface area contributed by atoms with Crippen molar-refractivity contribution in [2.75, 3.05) is 5.32 Å². The molecule has 122 valence electrons. The first-order valence-electron chi connectivity index (χ1n) is 7.74. The van der Waals surface area contributed by atoms with Crippen LogP contribution in [0.25, 0.3) is 16.0 Å². The second kappa shape index (κ2) is 5.72. The molecule has 0 bridgehead atoms. The Morgan fingerprint density at radius 3 is 2.92 bits per heavy atom. The number of hydrogen-bond donors (Lipinski definition) is 1. The number of nitrogens with one attached hydrogen (secondary N) is 1. The molecule has 1 aromatic carbocycles. The molecule has 0 fully saturated rings. The van der Waals surface area contributed by atoms with Gasteiger partial charge in [0.05, 0.1) is 17.1 Å². The fourth-order valence-electron chi connectivity index (χ4n) is 2.81. The predicted molar refractivity (Wildman–Crippen MR) is 94.6 cm³/mol. The van der Waals surface area contributed by atoms with Crippen molar-refractivity contribution in [3.05, 3.63) is 52.7 Å². The lowest BCUT2D eigenvalue weighted by atomic mass is 10.3. The third-order valence-electron chi connectivity index (χ3n) is 3.90. The molecule has 0 radical (unpaired) electrons. The number of anilines is 1. The number of aromatic nitrogens is 5. The quantitative estimate of drug-likeness (QED) is 0.618. The van der Waals surface area contributed by atoms with E-state index in [1.165, 1.54) is 28.1 Å². The minimum Gasteiger partial charge on any atom is -0.350 e. The van der Waals surface area contributed by atoms with Gasteiger partial charge in [-0.05, 0) is 26.0 Å². The SMILES string of the molecule is CCn1c(C(C)Nc2nn3c(=O)ccnc3s2)nc2ccccc21. The zero-order valence-electron chi connectivity index (χ0n) is 13.3. The van der Waals surface area contributed by atoms with Gasteiger partial charge in [-0.2, -0.15) is 4.52 Å². The molecule has 0 spiro atoms. The van der Waals surface area contributed by atoms with Crippen LogP contribution in [0.3, 0.4) is 0 Å². The molecule has 7 nitrogen and oxygen atoms in total. The fraction of sp³-hybridized carbons (Fsp3) is 0.250. The van der Waals surface area contributed by atoms with Crippen molar-refractivity contribution in [2.45, 2.75) is 26.4 Å². The van der Waals surface area contributed by atoms with Crippen LogP contribution in [0.5, 0.6) is 0 Å². The first kappa shape index (κ1) is 14.8. The van der Waals surface area contributed by atoms with Crippen LogP contribution in [0, 0.1) is 0 Å². The van der Waals surface area contributed by atoms with E-state index in [0.717, 1.165) is 23.4 Å². The molecule has 0 amide bonds. The van der Waals surface area contributed by atoms with Crippen LogP contribution >= 0.6 is 11.3 Å². The van der Waals surface area contributed by atoms with Gasteiger partial charge in [-0.3, -0.25) is 4.79 Å². The zero-order valence-corrected chi connectivity index (χ0v) is 14.1. The van der Waals surface area contributed by atoms with Gasteiger partial charge >= 0.3 is 0 Å². The molecule has 3 heterocycles. The standard InChI is InChI=1S/C16H16N6OS/c1-3-21-12-7-5-4-6-11(12)19-14(21)10(2)18-15-20-22-13(23)8-9-17-16(22)24-15/h4-10H,3H2,1-2H3,(H,18,20). The van der Waals surface area contributed by atoms with E-state index in [-0.39, 0.29) is 11.6 Å². The summed E-state index contributed by atoms with van der Waals surface area (Å²) in [4.78, 5) is 21.3.